The van der Waals surface area contributed by atoms with E-state index in [0.29, 0.717) is 0 Å². The summed E-state index contributed by atoms with van der Waals surface area (Å²) in [7, 11) is 0. The van der Waals surface area contributed by atoms with Crippen molar-refractivity contribution >= 4 is 29.2 Å². The molecule has 0 aromatic carbocycles. The second kappa shape index (κ2) is 7.63. The van der Waals surface area contributed by atoms with E-state index in [4.69, 9.17) is 10.8 Å². The number of amides is 3. The number of nitrogens with two attached hydrogens (primary N) is 1. The molecule has 0 aliphatic rings. The minimum absolute atomic E-state index is 0.133. The first-order chi connectivity index (χ1) is 9.81. The molecule has 0 radical (unpaired) electrons. The van der Waals surface area contributed by atoms with Crippen molar-refractivity contribution in [2.45, 2.75) is 32.4 Å². The Hall–Kier alpha value is -2.09. The van der Waals surface area contributed by atoms with Crippen molar-refractivity contribution < 1.29 is 19.5 Å². The van der Waals surface area contributed by atoms with Crippen molar-refractivity contribution in [3.63, 3.8) is 0 Å². The largest absolute Gasteiger partial charge is 0.480 e. The predicted octanol–water partition coefficient (Wildman–Crippen LogP) is 1.07. The number of nitrogens with one attached hydrogen (secondary N) is 2. The van der Waals surface area contributed by atoms with E-state index in [1.807, 2.05) is 31.4 Å². The fourth-order valence-corrected chi connectivity index (χ4v) is 2.73. The normalized spacial score (nSPS) is 13.5. The highest BCUT2D eigenvalue weighted by Crippen LogP contribution is 2.25. The first-order valence-electron chi connectivity index (χ1n) is 6.42. The molecule has 1 aromatic heterocycles. The molecule has 3 amide bonds. The Kier molecular flexibility index (Phi) is 6.16. The van der Waals surface area contributed by atoms with Crippen LogP contribution in [0, 0.1) is 5.92 Å². The number of thiophene rings is 1. The second-order valence-electron chi connectivity index (χ2n) is 4.92. The third-order valence-corrected chi connectivity index (χ3v) is 3.77. The summed E-state index contributed by atoms with van der Waals surface area (Å²) < 4.78 is 0. The summed E-state index contributed by atoms with van der Waals surface area (Å²) in [5.74, 6) is -1.96. The average molecular weight is 313 g/mol. The maximum absolute atomic E-state index is 11.9. The van der Waals surface area contributed by atoms with Crippen LogP contribution in [0.25, 0.3) is 0 Å². The molecule has 1 rings (SSSR count). The average Bonchev–Trinajstić information content (AvgIpc) is 2.87. The quantitative estimate of drug-likeness (QED) is 0.601. The maximum atomic E-state index is 11.9. The summed E-state index contributed by atoms with van der Waals surface area (Å²) in [6, 6.07) is 1.57. The molecule has 0 aliphatic carbocycles. The molecule has 2 unspecified atom stereocenters. The van der Waals surface area contributed by atoms with Crippen molar-refractivity contribution in [2.75, 3.05) is 0 Å². The Morgan fingerprint density at radius 3 is 2.43 bits per heavy atom. The van der Waals surface area contributed by atoms with Crippen LogP contribution in [0.1, 0.15) is 31.2 Å². The molecule has 7 nitrogen and oxygen atoms in total. The number of hydrogen-bond acceptors (Lipinski definition) is 4. The van der Waals surface area contributed by atoms with E-state index in [1.54, 1.807) is 0 Å². The number of carbonyl (C=O) groups excluding carboxylic acids is 2. The zero-order valence-corrected chi connectivity index (χ0v) is 12.6. The summed E-state index contributed by atoms with van der Waals surface area (Å²) >= 11 is 1.50. The van der Waals surface area contributed by atoms with Gasteiger partial charge in [0.05, 0.1) is 12.5 Å². The van der Waals surface area contributed by atoms with E-state index in [-0.39, 0.29) is 12.0 Å². The fraction of sp³-hybridized carbons (Fsp3) is 0.462. The van der Waals surface area contributed by atoms with E-state index in [9.17, 15) is 14.4 Å². The molecule has 0 saturated heterocycles. The molecule has 0 spiro atoms. The summed E-state index contributed by atoms with van der Waals surface area (Å²) in [6.45, 7) is 3.89. The highest BCUT2D eigenvalue weighted by Gasteiger charge is 2.25. The summed E-state index contributed by atoms with van der Waals surface area (Å²) in [4.78, 5) is 34.7. The van der Waals surface area contributed by atoms with Gasteiger partial charge in [-0.15, -0.1) is 11.3 Å². The molecule has 2 atom stereocenters. The van der Waals surface area contributed by atoms with Gasteiger partial charge in [-0.1, -0.05) is 19.9 Å². The fourth-order valence-electron chi connectivity index (χ4n) is 1.78. The van der Waals surface area contributed by atoms with Gasteiger partial charge in [0.15, 0.2) is 0 Å². The summed E-state index contributed by atoms with van der Waals surface area (Å²) in [5.41, 5.74) is 4.96. The number of urea groups is 1. The lowest BCUT2D eigenvalue weighted by molar-refractivity contribution is -0.140. The van der Waals surface area contributed by atoms with Gasteiger partial charge < -0.3 is 21.5 Å². The molecule has 5 N–H and O–H groups in total. The van der Waals surface area contributed by atoms with E-state index in [0.717, 1.165) is 4.88 Å². The third kappa shape index (κ3) is 5.42. The number of carboxylic acid groups (broad SMARTS) is 1. The van der Waals surface area contributed by atoms with Crippen LogP contribution in [0.2, 0.25) is 0 Å². The van der Waals surface area contributed by atoms with Crippen molar-refractivity contribution in [1.29, 1.82) is 0 Å². The van der Waals surface area contributed by atoms with Crippen LogP contribution in [0.15, 0.2) is 17.5 Å². The molecule has 0 fully saturated rings. The number of rotatable bonds is 7. The molecule has 0 saturated carbocycles. The lowest BCUT2D eigenvalue weighted by atomic mass is 10.0. The minimum atomic E-state index is -1.33. The number of aliphatic carboxylic acids is 1. The van der Waals surface area contributed by atoms with Crippen LogP contribution < -0.4 is 16.4 Å². The molecule has 21 heavy (non-hydrogen) atoms. The van der Waals surface area contributed by atoms with E-state index in [2.05, 4.69) is 10.6 Å². The van der Waals surface area contributed by atoms with Gasteiger partial charge in [0, 0.05) is 4.88 Å². The van der Waals surface area contributed by atoms with Crippen LogP contribution in [-0.4, -0.2) is 29.1 Å². The van der Waals surface area contributed by atoms with Crippen LogP contribution in [0.5, 0.6) is 0 Å². The summed E-state index contributed by atoms with van der Waals surface area (Å²) in [5, 5.41) is 15.8. The highest BCUT2D eigenvalue weighted by atomic mass is 32.1. The molecule has 8 heteroatoms. The second-order valence-corrected chi connectivity index (χ2v) is 5.90. The minimum Gasteiger partial charge on any atom is -0.480 e. The van der Waals surface area contributed by atoms with Gasteiger partial charge in [-0.3, -0.25) is 4.79 Å². The smallest absolute Gasteiger partial charge is 0.326 e. The molecule has 0 bridgehead atoms. The van der Waals surface area contributed by atoms with Crippen molar-refractivity contribution in [1.82, 2.24) is 10.6 Å². The zero-order chi connectivity index (χ0) is 16.0. The molecular weight excluding hydrogens is 294 g/mol. The maximum Gasteiger partial charge on any atom is 0.326 e. The Morgan fingerprint density at radius 1 is 1.33 bits per heavy atom. The van der Waals surface area contributed by atoms with Crippen molar-refractivity contribution in [2.24, 2.45) is 11.7 Å². The highest BCUT2D eigenvalue weighted by molar-refractivity contribution is 7.10. The van der Waals surface area contributed by atoms with Crippen LogP contribution in [0.4, 0.5) is 4.79 Å². The summed E-state index contributed by atoms with van der Waals surface area (Å²) in [6.07, 6.45) is -0.450. The Balaban J connectivity index is 2.69. The molecular formula is C13H19N3O4S. The van der Waals surface area contributed by atoms with Crippen molar-refractivity contribution in [3.05, 3.63) is 22.4 Å². The van der Waals surface area contributed by atoms with E-state index in [1.165, 1.54) is 11.3 Å². The molecule has 1 heterocycles. The predicted molar refractivity (Wildman–Crippen MR) is 78.8 cm³/mol. The monoisotopic (exact) mass is 313 g/mol. The van der Waals surface area contributed by atoms with E-state index >= 15 is 0 Å². The van der Waals surface area contributed by atoms with Gasteiger partial charge >= 0.3 is 12.0 Å². The molecule has 116 valence electrons. The van der Waals surface area contributed by atoms with Crippen LogP contribution in [-0.2, 0) is 9.59 Å². The van der Waals surface area contributed by atoms with E-state index < -0.39 is 30.4 Å². The van der Waals surface area contributed by atoms with Gasteiger partial charge in [-0.25, -0.2) is 9.59 Å². The number of carbonyl (C=O) groups is 3. The van der Waals surface area contributed by atoms with Crippen LogP contribution >= 0.6 is 11.3 Å². The first-order valence-corrected chi connectivity index (χ1v) is 7.30. The standard InChI is InChI=1S/C13H19N3O4S/c1-7(2)11(9-4-3-5-21-9)16-13(20)15-8(12(18)19)6-10(14)17/h3-5,7-8,11H,6H2,1-2H3,(H2,14,17)(H,18,19)(H2,15,16,20). The lowest BCUT2D eigenvalue weighted by Gasteiger charge is -2.22. The third-order valence-electron chi connectivity index (χ3n) is 2.81. The topological polar surface area (TPSA) is 122 Å². The van der Waals surface area contributed by atoms with Gasteiger partial charge in [-0.05, 0) is 17.4 Å². The Labute approximate surface area is 126 Å². The lowest BCUT2D eigenvalue weighted by Crippen LogP contribution is -2.48. The number of hydrogen-bond donors (Lipinski definition) is 4. The Morgan fingerprint density at radius 2 is 2.00 bits per heavy atom. The SMILES string of the molecule is CC(C)C(NC(=O)NC(CC(N)=O)C(=O)O)c1cccs1. The number of carboxylic acids is 1. The van der Waals surface area contributed by atoms with Gasteiger partial charge in [0.2, 0.25) is 5.91 Å². The van der Waals surface area contributed by atoms with Gasteiger partial charge in [0.25, 0.3) is 0 Å². The zero-order valence-electron chi connectivity index (χ0n) is 11.8. The first kappa shape index (κ1) is 17.0. The van der Waals surface area contributed by atoms with Gasteiger partial charge in [0.1, 0.15) is 6.04 Å². The Bertz CT molecular complexity index is 502. The van der Waals surface area contributed by atoms with Crippen molar-refractivity contribution in [3.8, 4) is 0 Å². The molecule has 0 aliphatic heterocycles. The molecule has 1 aromatic rings. The van der Waals surface area contributed by atoms with Crippen LogP contribution in [0.3, 0.4) is 0 Å². The van der Waals surface area contributed by atoms with Gasteiger partial charge in [-0.2, -0.15) is 0 Å². The number of primary amides is 1.